The van der Waals surface area contributed by atoms with Crippen LogP contribution in [-0.4, -0.2) is 18.4 Å². The van der Waals surface area contributed by atoms with Crippen LogP contribution in [0.3, 0.4) is 0 Å². The van der Waals surface area contributed by atoms with Crippen molar-refractivity contribution in [3.63, 3.8) is 0 Å². The number of nitrogens with one attached hydrogen (secondary N) is 2. The van der Waals surface area contributed by atoms with Gasteiger partial charge in [-0.25, -0.2) is 4.39 Å². The Morgan fingerprint density at radius 2 is 1.83 bits per heavy atom. The van der Waals surface area contributed by atoms with Gasteiger partial charge in [0.1, 0.15) is 23.9 Å². The SMILES string of the molecule is NC(=O)c1c(NC(=O)c2ccc(F)cc2)sc2c1CC[NH+](Cc1ccccc1)C2. The van der Waals surface area contributed by atoms with Crippen LogP contribution >= 0.6 is 11.3 Å². The summed E-state index contributed by atoms with van der Waals surface area (Å²) in [5.41, 5.74) is 8.57. The predicted octanol–water partition coefficient (Wildman–Crippen LogP) is 2.38. The van der Waals surface area contributed by atoms with Crippen LogP contribution in [0, 0.1) is 5.82 Å². The number of nitrogens with two attached hydrogens (primary N) is 1. The van der Waals surface area contributed by atoms with Crippen LogP contribution in [0.2, 0.25) is 0 Å². The first-order chi connectivity index (χ1) is 14.0. The van der Waals surface area contributed by atoms with Gasteiger partial charge in [-0.3, -0.25) is 9.59 Å². The number of anilines is 1. The van der Waals surface area contributed by atoms with E-state index in [1.165, 1.54) is 46.1 Å². The third-order valence-electron chi connectivity index (χ3n) is 5.11. The van der Waals surface area contributed by atoms with Gasteiger partial charge in [0.2, 0.25) is 0 Å². The van der Waals surface area contributed by atoms with Gasteiger partial charge in [-0.05, 0) is 29.8 Å². The second-order valence-electron chi connectivity index (χ2n) is 7.12. The molecule has 2 heterocycles. The van der Waals surface area contributed by atoms with Crippen molar-refractivity contribution >= 4 is 28.2 Å². The Labute approximate surface area is 172 Å². The molecule has 1 unspecified atom stereocenters. The van der Waals surface area contributed by atoms with Gasteiger partial charge in [0.05, 0.1) is 17.0 Å². The highest BCUT2D eigenvalue weighted by Gasteiger charge is 2.29. The van der Waals surface area contributed by atoms with Gasteiger partial charge in [-0.1, -0.05) is 30.3 Å². The number of halogens is 1. The summed E-state index contributed by atoms with van der Waals surface area (Å²) >= 11 is 1.40. The number of carbonyl (C=O) groups excluding carboxylic acids is 2. The van der Waals surface area contributed by atoms with E-state index in [9.17, 15) is 14.0 Å². The molecule has 148 valence electrons. The van der Waals surface area contributed by atoms with Gasteiger partial charge in [-0.15, -0.1) is 11.3 Å². The Bertz CT molecular complexity index is 1050. The van der Waals surface area contributed by atoms with Gasteiger partial charge < -0.3 is 16.0 Å². The number of fused-ring (bicyclic) bond motifs is 1. The van der Waals surface area contributed by atoms with Crippen LogP contribution in [0.4, 0.5) is 9.39 Å². The van der Waals surface area contributed by atoms with Crippen molar-refractivity contribution in [2.24, 2.45) is 5.73 Å². The van der Waals surface area contributed by atoms with Crippen molar-refractivity contribution in [1.82, 2.24) is 0 Å². The maximum absolute atomic E-state index is 13.1. The lowest BCUT2D eigenvalue weighted by atomic mass is 10.0. The van der Waals surface area contributed by atoms with Crippen LogP contribution in [0.25, 0.3) is 0 Å². The van der Waals surface area contributed by atoms with E-state index in [0.29, 0.717) is 16.1 Å². The molecule has 5 nitrogen and oxygen atoms in total. The van der Waals surface area contributed by atoms with Gasteiger partial charge in [0.25, 0.3) is 11.8 Å². The molecule has 4 rings (SSSR count). The highest BCUT2D eigenvalue weighted by atomic mass is 32.1. The van der Waals surface area contributed by atoms with Crippen molar-refractivity contribution in [3.05, 3.63) is 87.5 Å². The van der Waals surface area contributed by atoms with Crippen molar-refractivity contribution < 1.29 is 18.9 Å². The Hall–Kier alpha value is -3.03. The fourth-order valence-electron chi connectivity index (χ4n) is 3.70. The number of hydrogen-bond donors (Lipinski definition) is 3. The normalized spacial score (nSPS) is 15.6. The quantitative estimate of drug-likeness (QED) is 0.604. The standard InChI is InChI=1S/C22H20FN3O2S/c23-16-8-6-15(7-9-16)21(28)25-22-19(20(24)27)17-10-11-26(13-18(17)29-22)12-14-4-2-1-3-5-14/h1-9H,10-13H2,(H2,24,27)(H,25,28)/p+1. The Balaban J connectivity index is 1.56. The molecule has 0 spiro atoms. The zero-order valence-corrected chi connectivity index (χ0v) is 16.5. The van der Waals surface area contributed by atoms with Gasteiger partial charge in [-0.2, -0.15) is 0 Å². The smallest absolute Gasteiger partial charge is 0.256 e. The number of carbonyl (C=O) groups is 2. The van der Waals surface area contributed by atoms with E-state index in [4.69, 9.17) is 5.73 Å². The molecule has 4 N–H and O–H groups in total. The molecule has 1 aliphatic heterocycles. The number of amides is 2. The molecule has 1 atom stereocenters. The number of benzene rings is 2. The summed E-state index contributed by atoms with van der Waals surface area (Å²) in [4.78, 5) is 27.1. The molecule has 0 radical (unpaired) electrons. The molecular weight excluding hydrogens is 389 g/mol. The molecule has 2 aromatic carbocycles. The average molecular weight is 410 g/mol. The third kappa shape index (κ3) is 4.21. The third-order valence-corrected chi connectivity index (χ3v) is 6.25. The lowest BCUT2D eigenvalue weighted by molar-refractivity contribution is -0.929. The topological polar surface area (TPSA) is 76.6 Å². The van der Waals surface area contributed by atoms with Crippen LogP contribution in [0.5, 0.6) is 0 Å². The minimum absolute atomic E-state index is 0.324. The van der Waals surface area contributed by atoms with E-state index in [1.54, 1.807) is 0 Å². The van der Waals surface area contributed by atoms with Crippen molar-refractivity contribution in [2.75, 3.05) is 11.9 Å². The van der Waals surface area contributed by atoms with E-state index in [2.05, 4.69) is 17.4 Å². The summed E-state index contributed by atoms with van der Waals surface area (Å²) in [6.07, 6.45) is 0.735. The maximum Gasteiger partial charge on any atom is 0.256 e. The number of primary amides is 1. The molecule has 29 heavy (non-hydrogen) atoms. The summed E-state index contributed by atoms with van der Waals surface area (Å²) in [5.74, 6) is -1.34. The van der Waals surface area contributed by atoms with Crippen LogP contribution < -0.4 is 16.0 Å². The summed E-state index contributed by atoms with van der Waals surface area (Å²) < 4.78 is 13.1. The molecule has 0 aliphatic carbocycles. The number of rotatable bonds is 5. The minimum Gasteiger partial charge on any atom is -0.365 e. The first-order valence-electron chi connectivity index (χ1n) is 9.40. The van der Waals surface area contributed by atoms with Crippen LogP contribution in [0.15, 0.2) is 54.6 Å². The summed E-state index contributed by atoms with van der Waals surface area (Å²) in [6, 6.07) is 15.6. The summed E-state index contributed by atoms with van der Waals surface area (Å²) in [7, 11) is 0. The Morgan fingerprint density at radius 3 is 2.52 bits per heavy atom. The maximum atomic E-state index is 13.1. The Morgan fingerprint density at radius 1 is 1.10 bits per heavy atom. The molecule has 0 saturated carbocycles. The largest absolute Gasteiger partial charge is 0.365 e. The van der Waals surface area contributed by atoms with E-state index >= 15 is 0 Å². The summed E-state index contributed by atoms with van der Waals surface area (Å²) in [5, 5.41) is 3.27. The van der Waals surface area contributed by atoms with Crippen molar-refractivity contribution in [3.8, 4) is 0 Å². The predicted molar refractivity (Wildman–Crippen MR) is 111 cm³/mol. The van der Waals surface area contributed by atoms with E-state index in [-0.39, 0.29) is 5.91 Å². The number of thiophene rings is 1. The van der Waals surface area contributed by atoms with Gasteiger partial charge in [0.15, 0.2) is 0 Å². The number of hydrogen-bond acceptors (Lipinski definition) is 3. The average Bonchev–Trinajstić information content (AvgIpc) is 3.06. The molecule has 3 aromatic rings. The first kappa shape index (κ1) is 19.3. The molecule has 7 heteroatoms. The highest BCUT2D eigenvalue weighted by Crippen LogP contribution is 2.34. The fraction of sp³-hybridized carbons (Fsp3) is 0.182. The minimum atomic E-state index is -0.539. The molecule has 0 fully saturated rings. The molecule has 2 amide bonds. The van der Waals surface area contributed by atoms with Crippen molar-refractivity contribution in [2.45, 2.75) is 19.5 Å². The van der Waals surface area contributed by atoms with E-state index in [0.717, 1.165) is 36.5 Å². The Kier molecular flexibility index (Phi) is 5.42. The van der Waals surface area contributed by atoms with Gasteiger partial charge >= 0.3 is 0 Å². The lowest BCUT2D eigenvalue weighted by Gasteiger charge is -2.24. The zero-order valence-electron chi connectivity index (χ0n) is 15.7. The molecule has 1 aliphatic rings. The lowest BCUT2D eigenvalue weighted by Crippen LogP contribution is -3.10. The molecular formula is C22H21FN3O2S+. The molecule has 1 aromatic heterocycles. The highest BCUT2D eigenvalue weighted by molar-refractivity contribution is 7.17. The number of quaternary nitrogens is 1. The van der Waals surface area contributed by atoms with E-state index in [1.807, 2.05) is 18.2 Å². The van der Waals surface area contributed by atoms with Crippen LogP contribution in [0.1, 0.15) is 36.7 Å². The molecule has 0 saturated heterocycles. The van der Waals surface area contributed by atoms with Crippen LogP contribution in [-0.2, 0) is 19.5 Å². The van der Waals surface area contributed by atoms with E-state index < -0.39 is 11.7 Å². The van der Waals surface area contributed by atoms with Crippen molar-refractivity contribution in [1.29, 1.82) is 0 Å². The first-order valence-corrected chi connectivity index (χ1v) is 10.2. The fourth-order valence-corrected chi connectivity index (χ4v) is 5.02. The second kappa shape index (κ2) is 8.14. The van der Waals surface area contributed by atoms with Gasteiger partial charge in [0, 0.05) is 17.5 Å². The summed E-state index contributed by atoms with van der Waals surface area (Å²) in [6.45, 7) is 2.58. The zero-order chi connectivity index (χ0) is 20.4. The molecule has 0 bridgehead atoms. The monoisotopic (exact) mass is 410 g/mol. The second-order valence-corrected chi connectivity index (χ2v) is 8.23.